The molecule has 2 aromatic rings. The third kappa shape index (κ3) is 2.76. The molecule has 84 valence electrons. The van der Waals surface area contributed by atoms with Gasteiger partial charge in [-0.3, -0.25) is 0 Å². The molecule has 1 atom stereocenters. The Hall–Kier alpha value is 0.320. The topological polar surface area (TPSA) is 20.2 Å². The molecule has 0 aliphatic rings. The third-order valence-electron chi connectivity index (χ3n) is 2.10. The molecule has 0 spiro atoms. The van der Waals surface area contributed by atoms with Crippen LogP contribution in [0.15, 0.2) is 43.1 Å². The highest BCUT2D eigenvalue weighted by atomic mass is 79.9. The molecular weight excluding hydrogens is 420 g/mol. The highest BCUT2D eigenvalue weighted by Crippen LogP contribution is 2.37. The lowest BCUT2D eigenvalue weighted by Gasteiger charge is -2.08. The summed E-state index contributed by atoms with van der Waals surface area (Å²) >= 11 is 11.8. The summed E-state index contributed by atoms with van der Waals surface area (Å²) in [6, 6.07) is 9.63. The Bertz CT molecular complexity index is 490. The summed E-state index contributed by atoms with van der Waals surface area (Å²) in [5, 5.41) is 10.2. The number of benzene rings is 1. The molecule has 1 N–H and O–H groups in total. The van der Waals surface area contributed by atoms with Crippen molar-refractivity contribution in [3.05, 3.63) is 53.5 Å². The van der Waals surface area contributed by atoms with Crippen molar-refractivity contribution in [2.75, 3.05) is 0 Å². The Kier molecular flexibility index (Phi) is 4.24. The molecule has 0 saturated heterocycles. The Labute approximate surface area is 123 Å². The second-order valence-corrected chi connectivity index (χ2v) is 7.40. The Balaban J connectivity index is 2.35. The molecule has 1 unspecified atom stereocenters. The molecule has 0 amide bonds. The van der Waals surface area contributed by atoms with Gasteiger partial charge < -0.3 is 5.11 Å². The quantitative estimate of drug-likeness (QED) is 0.706. The van der Waals surface area contributed by atoms with Crippen LogP contribution in [-0.4, -0.2) is 5.11 Å². The highest BCUT2D eigenvalue weighted by Gasteiger charge is 2.15. The minimum Gasteiger partial charge on any atom is -0.383 e. The summed E-state index contributed by atoms with van der Waals surface area (Å²) in [7, 11) is 0. The van der Waals surface area contributed by atoms with E-state index < -0.39 is 6.10 Å². The van der Waals surface area contributed by atoms with Crippen molar-refractivity contribution < 1.29 is 5.11 Å². The largest absolute Gasteiger partial charge is 0.383 e. The first-order valence-electron chi connectivity index (χ1n) is 4.46. The van der Waals surface area contributed by atoms with Crippen LogP contribution in [0.25, 0.3) is 0 Å². The lowest BCUT2D eigenvalue weighted by molar-refractivity contribution is 0.224. The second-order valence-electron chi connectivity index (χ2n) is 3.23. The van der Waals surface area contributed by atoms with Crippen LogP contribution in [0.1, 0.15) is 16.5 Å². The summed E-state index contributed by atoms with van der Waals surface area (Å²) in [5.41, 5.74) is 0.885. The lowest BCUT2D eigenvalue weighted by atomic mass is 10.1. The average Bonchev–Trinajstić information content (AvgIpc) is 2.58. The molecule has 16 heavy (non-hydrogen) atoms. The third-order valence-corrected chi connectivity index (χ3v) is 5.90. The maximum Gasteiger partial charge on any atom is 0.113 e. The fraction of sp³-hybridized carbons (Fsp3) is 0.0909. The summed E-state index contributed by atoms with van der Waals surface area (Å²) < 4.78 is 2.94. The van der Waals surface area contributed by atoms with E-state index in [2.05, 4.69) is 47.8 Å². The lowest BCUT2D eigenvalue weighted by Crippen LogP contribution is -1.96. The van der Waals surface area contributed by atoms with E-state index in [1.165, 1.54) is 11.3 Å². The van der Waals surface area contributed by atoms with Gasteiger partial charge in [-0.25, -0.2) is 0 Å². The minimum absolute atomic E-state index is 0.579. The molecular formula is C11H7Br3OS. The van der Waals surface area contributed by atoms with E-state index in [9.17, 15) is 5.11 Å². The Morgan fingerprint density at radius 2 is 1.88 bits per heavy atom. The number of thiophene rings is 1. The van der Waals surface area contributed by atoms with Crippen molar-refractivity contribution in [3.8, 4) is 0 Å². The van der Waals surface area contributed by atoms with E-state index >= 15 is 0 Å². The maximum atomic E-state index is 10.2. The van der Waals surface area contributed by atoms with Gasteiger partial charge in [-0.05, 0) is 55.6 Å². The van der Waals surface area contributed by atoms with E-state index in [1.807, 2.05) is 30.3 Å². The number of aliphatic hydroxyl groups excluding tert-OH is 1. The van der Waals surface area contributed by atoms with Gasteiger partial charge in [0, 0.05) is 13.8 Å². The van der Waals surface area contributed by atoms with Crippen LogP contribution in [-0.2, 0) is 0 Å². The smallest absolute Gasteiger partial charge is 0.113 e. The van der Waals surface area contributed by atoms with Gasteiger partial charge in [0.05, 0.1) is 3.79 Å². The zero-order valence-corrected chi connectivity index (χ0v) is 13.5. The number of hydrogen-bond acceptors (Lipinski definition) is 2. The van der Waals surface area contributed by atoms with Crippen LogP contribution in [0.3, 0.4) is 0 Å². The summed E-state index contributed by atoms with van der Waals surface area (Å²) in [4.78, 5) is 0.914. The van der Waals surface area contributed by atoms with Crippen molar-refractivity contribution in [3.63, 3.8) is 0 Å². The van der Waals surface area contributed by atoms with Crippen LogP contribution in [0.4, 0.5) is 0 Å². The predicted molar refractivity (Wildman–Crippen MR) is 77.9 cm³/mol. The van der Waals surface area contributed by atoms with Gasteiger partial charge in [-0.2, -0.15) is 0 Å². The van der Waals surface area contributed by atoms with Gasteiger partial charge >= 0.3 is 0 Å². The van der Waals surface area contributed by atoms with Crippen LogP contribution >= 0.6 is 59.1 Å². The van der Waals surface area contributed by atoms with E-state index in [-0.39, 0.29) is 0 Å². The van der Waals surface area contributed by atoms with E-state index in [4.69, 9.17) is 0 Å². The normalized spacial score (nSPS) is 12.8. The first kappa shape index (κ1) is 12.8. The van der Waals surface area contributed by atoms with Crippen molar-refractivity contribution in [1.29, 1.82) is 0 Å². The number of halogens is 3. The monoisotopic (exact) mass is 424 g/mol. The SMILES string of the molecule is OC(c1cccc(Br)c1)c1cc(Br)c(Br)s1. The van der Waals surface area contributed by atoms with Gasteiger partial charge in [-0.15, -0.1) is 11.3 Å². The zero-order chi connectivity index (χ0) is 11.7. The van der Waals surface area contributed by atoms with Gasteiger partial charge in [0.25, 0.3) is 0 Å². The van der Waals surface area contributed by atoms with Crippen molar-refractivity contribution in [2.45, 2.75) is 6.10 Å². The molecule has 1 heterocycles. The van der Waals surface area contributed by atoms with E-state index in [0.717, 1.165) is 23.2 Å². The fourth-order valence-electron chi connectivity index (χ4n) is 1.34. The van der Waals surface area contributed by atoms with E-state index in [0.29, 0.717) is 0 Å². The van der Waals surface area contributed by atoms with Crippen LogP contribution < -0.4 is 0 Å². The first-order chi connectivity index (χ1) is 7.58. The Morgan fingerprint density at radius 1 is 1.12 bits per heavy atom. The highest BCUT2D eigenvalue weighted by molar-refractivity contribution is 9.13. The molecule has 0 bridgehead atoms. The molecule has 2 rings (SSSR count). The van der Waals surface area contributed by atoms with Gasteiger partial charge in [-0.1, -0.05) is 28.1 Å². The van der Waals surface area contributed by atoms with Crippen LogP contribution in [0, 0.1) is 0 Å². The maximum absolute atomic E-state index is 10.2. The van der Waals surface area contributed by atoms with Crippen LogP contribution in [0.5, 0.6) is 0 Å². The fourth-order valence-corrected chi connectivity index (χ4v) is 3.86. The van der Waals surface area contributed by atoms with Crippen LogP contribution in [0.2, 0.25) is 0 Å². The number of hydrogen-bond donors (Lipinski definition) is 1. The molecule has 5 heteroatoms. The molecule has 1 nitrogen and oxygen atoms in total. The molecule has 1 aromatic heterocycles. The van der Waals surface area contributed by atoms with Gasteiger partial charge in [0.15, 0.2) is 0 Å². The molecule has 1 aromatic carbocycles. The number of aliphatic hydroxyl groups is 1. The summed E-state index contributed by atoms with van der Waals surface area (Å²) in [6.45, 7) is 0. The van der Waals surface area contributed by atoms with E-state index in [1.54, 1.807) is 0 Å². The van der Waals surface area contributed by atoms with Gasteiger partial charge in [0.2, 0.25) is 0 Å². The van der Waals surface area contributed by atoms with Crippen molar-refractivity contribution >= 4 is 59.1 Å². The summed E-state index contributed by atoms with van der Waals surface area (Å²) in [6.07, 6.45) is -0.579. The first-order valence-corrected chi connectivity index (χ1v) is 7.65. The Morgan fingerprint density at radius 3 is 2.44 bits per heavy atom. The van der Waals surface area contributed by atoms with Gasteiger partial charge in [0.1, 0.15) is 6.10 Å². The molecule has 0 aliphatic carbocycles. The predicted octanol–water partition coefficient (Wildman–Crippen LogP) is 5.12. The molecule has 0 fully saturated rings. The molecule has 0 aliphatic heterocycles. The number of rotatable bonds is 2. The second kappa shape index (κ2) is 5.31. The standard InChI is InChI=1S/C11H7Br3OS/c12-7-3-1-2-6(4-7)10(15)9-5-8(13)11(14)16-9/h1-5,10,15H. The molecule has 0 saturated carbocycles. The minimum atomic E-state index is -0.579. The van der Waals surface area contributed by atoms with Crippen molar-refractivity contribution in [2.24, 2.45) is 0 Å². The van der Waals surface area contributed by atoms with Crippen molar-refractivity contribution in [1.82, 2.24) is 0 Å². The molecule has 0 radical (unpaired) electrons. The zero-order valence-electron chi connectivity index (χ0n) is 7.95. The average molecular weight is 427 g/mol. The summed E-state index contributed by atoms with van der Waals surface area (Å²) in [5.74, 6) is 0.